The number of amides is 1. The Bertz CT molecular complexity index is 1060. The van der Waals surface area contributed by atoms with Crippen LogP contribution in [-0.4, -0.2) is 58.9 Å². The Morgan fingerprint density at radius 1 is 1.24 bits per heavy atom. The Hall–Kier alpha value is -3.36. The molecule has 3 heterocycles. The van der Waals surface area contributed by atoms with E-state index in [1.54, 1.807) is 29.2 Å². The van der Waals surface area contributed by atoms with Crippen LogP contribution in [0.5, 0.6) is 5.88 Å². The standard InChI is InChI=1S/C20H23N5O4/c1-23(2)17-9-10-18(22-21-17)28-14-6-5-11-24(12-14)19(26)13-25-15-7-3-4-8-16(15)29-20(25)27/h3-4,7-10,14H,5-6,11-13H2,1-2H3. The van der Waals surface area contributed by atoms with Gasteiger partial charge in [0.25, 0.3) is 0 Å². The van der Waals surface area contributed by atoms with E-state index in [1.807, 2.05) is 31.1 Å². The quantitative estimate of drug-likeness (QED) is 0.644. The number of benzene rings is 1. The van der Waals surface area contributed by atoms with Gasteiger partial charge in [-0.25, -0.2) is 4.79 Å². The molecule has 1 saturated heterocycles. The number of fused-ring (bicyclic) bond motifs is 1. The van der Waals surface area contributed by atoms with Gasteiger partial charge >= 0.3 is 5.76 Å². The summed E-state index contributed by atoms with van der Waals surface area (Å²) in [5, 5.41) is 8.20. The van der Waals surface area contributed by atoms with E-state index in [-0.39, 0.29) is 18.6 Å². The molecule has 3 aromatic rings. The van der Waals surface area contributed by atoms with Gasteiger partial charge in [-0.2, -0.15) is 0 Å². The first-order valence-corrected chi connectivity index (χ1v) is 9.55. The fourth-order valence-electron chi connectivity index (χ4n) is 3.44. The van der Waals surface area contributed by atoms with Gasteiger partial charge in [0, 0.05) is 26.7 Å². The van der Waals surface area contributed by atoms with Crippen LogP contribution in [0.25, 0.3) is 11.1 Å². The first kappa shape index (κ1) is 19.0. The van der Waals surface area contributed by atoms with Crippen LogP contribution < -0.4 is 15.4 Å². The number of oxazole rings is 1. The number of hydrogen-bond acceptors (Lipinski definition) is 7. The van der Waals surface area contributed by atoms with E-state index in [1.165, 1.54) is 4.57 Å². The Morgan fingerprint density at radius 2 is 2.07 bits per heavy atom. The first-order chi connectivity index (χ1) is 14.0. The fourth-order valence-corrected chi connectivity index (χ4v) is 3.44. The SMILES string of the molecule is CN(C)c1ccc(OC2CCCN(C(=O)Cn3c(=O)oc4ccccc43)C2)nn1. The highest BCUT2D eigenvalue weighted by atomic mass is 16.5. The molecule has 1 amide bonds. The van der Waals surface area contributed by atoms with Gasteiger partial charge < -0.3 is 19.0 Å². The number of rotatable bonds is 5. The maximum Gasteiger partial charge on any atom is 0.420 e. The molecule has 1 aliphatic heterocycles. The average Bonchev–Trinajstić information content (AvgIpc) is 3.04. The lowest BCUT2D eigenvalue weighted by molar-refractivity contribution is -0.134. The molecule has 1 fully saturated rings. The third-order valence-corrected chi connectivity index (χ3v) is 4.97. The Morgan fingerprint density at radius 3 is 2.83 bits per heavy atom. The number of hydrogen-bond donors (Lipinski definition) is 0. The molecule has 1 unspecified atom stereocenters. The summed E-state index contributed by atoms with van der Waals surface area (Å²) in [7, 11) is 3.79. The van der Waals surface area contributed by atoms with Crippen LogP contribution in [0, 0.1) is 0 Å². The Balaban J connectivity index is 1.41. The van der Waals surface area contributed by atoms with Gasteiger partial charge in [0.05, 0.1) is 12.1 Å². The second-order valence-corrected chi connectivity index (χ2v) is 7.27. The molecule has 4 rings (SSSR count). The van der Waals surface area contributed by atoms with E-state index in [2.05, 4.69) is 10.2 Å². The van der Waals surface area contributed by atoms with Gasteiger partial charge in [0.15, 0.2) is 11.4 Å². The van der Waals surface area contributed by atoms with Crippen molar-refractivity contribution in [2.45, 2.75) is 25.5 Å². The van der Waals surface area contributed by atoms with Crippen LogP contribution >= 0.6 is 0 Å². The first-order valence-electron chi connectivity index (χ1n) is 9.55. The molecule has 1 atom stereocenters. The Kier molecular flexibility index (Phi) is 5.20. The number of anilines is 1. The largest absolute Gasteiger partial charge is 0.471 e. The number of piperidine rings is 1. The molecular formula is C20H23N5O4. The topological polar surface area (TPSA) is 93.7 Å². The van der Waals surface area contributed by atoms with E-state index in [4.69, 9.17) is 9.15 Å². The number of para-hydroxylation sites is 2. The predicted octanol–water partition coefficient (Wildman–Crippen LogP) is 1.52. The normalized spacial score (nSPS) is 16.8. The van der Waals surface area contributed by atoms with Crippen molar-refractivity contribution in [2.75, 3.05) is 32.1 Å². The van der Waals surface area contributed by atoms with E-state index in [9.17, 15) is 9.59 Å². The number of carbonyl (C=O) groups excluding carboxylic acids is 1. The minimum atomic E-state index is -0.527. The summed E-state index contributed by atoms with van der Waals surface area (Å²) in [6.45, 7) is 1.02. The molecule has 9 nitrogen and oxygen atoms in total. The summed E-state index contributed by atoms with van der Waals surface area (Å²) >= 11 is 0. The van der Waals surface area contributed by atoms with Gasteiger partial charge in [-0.1, -0.05) is 12.1 Å². The summed E-state index contributed by atoms with van der Waals surface area (Å²) in [6, 6.07) is 10.7. The second-order valence-electron chi connectivity index (χ2n) is 7.27. The van der Waals surface area contributed by atoms with Gasteiger partial charge in [-0.15, -0.1) is 10.2 Å². The smallest absolute Gasteiger partial charge is 0.420 e. The van der Waals surface area contributed by atoms with Crippen molar-refractivity contribution in [3.63, 3.8) is 0 Å². The van der Waals surface area contributed by atoms with Crippen LogP contribution in [-0.2, 0) is 11.3 Å². The predicted molar refractivity (Wildman–Crippen MR) is 107 cm³/mol. The average molecular weight is 397 g/mol. The highest BCUT2D eigenvalue weighted by molar-refractivity contribution is 5.79. The monoisotopic (exact) mass is 397 g/mol. The molecule has 0 bridgehead atoms. The Labute approximate surface area is 167 Å². The van der Waals surface area contributed by atoms with Gasteiger partial charge in [0.1, 0.15) is 12.6 Å². The summed E-state index contributed by atoms with van der Waals surface area (Å²) in [5.74, 6) is 0.518. The van der Waals surface area contributed by atoms with E-state index in [0.717, 1.165) is 18.7 Å². The van der Waals surface area contributed by atoms with Gasteiger partial charge in [0.2, 0.25) is 11.8 Å². The van der Waals surface area contributed by atoms with Crippen molar-refractivity contribution in [3.05, 3.63) is 46.9 Å². The molecule has 0 N–H and O–H groups in total. The summed E-state index contributed by atoms with van der Waals surface area (Å²) in [6.07, 6.45) is 1.49. The number of aromatic nitrogens is 3. The summed E-state index contributed by atoms with van der Waals surface area (Å²) < 4.78 is 12.5. The highest BCUT2D eigenvalue weighted by Crippen LogP contribution is 2.19. The van der Waals surface area contributed by atoms with E-state index in [0.29, 0.717) is 30.1 Å². The molecule has 0 saturated carbocycles. The minimum Gasteiger partial charge on any atom is -0.471 e. The van der Waals surface area contributed by atoms with Gasteiger partial charge in [-0.3, -0.25) is 9.36 Å². The molecule has 0 radical (unpaired) electrons. The zero-order valence-electron chi connectivity index (χ0n) is 16.4. The third kappa shape index (κ3) is 4.08. The molecule has 1 aromatic carbocycles. The maximum absolute atomic E-state index is 12.8. The molecule has 9 heteroatoms. The van der Waals surface area contributed by atoms with E-state index < -0.39 is 5.76 Å². The molecule has 152 valence electrons. The van der Waals surface area contributed by atoms with Crippen LogP contribution in [0.2, 0.25) is 0 Å². The van der Waals surface area contributed by atoms with Crippen molar-refractivity contribution in [3.8, 4) is 5.88 Å². The van der Waals surface area contributed by atoms with Crippen LogP contribution in [0.15, 0.2) is 45.6 Å². The fraction of sp³-hybridized carbons (Fsp3) is 0.400. The highest BCUT2D eigenvalue weighted by Gasteiger charge is 2.26. The summed E-state index contributed by atoms with van der Waals surface area (Å²) in [4.78, 5) is 28.5. The number of likely N-dealkylation sites (tertiary alicyclic amines) is 1. The second kappa shape index (κ2) is 7.94. The van der Waals surface area contributed by atoms with Crippen molar-refractivity contribution < 1.29 is 13.9 Å². The lowest BCUT2D eigenvalue weighted by Crippen LogP contribution is -2.46. The van der Waals surface area contributed by atoms with Crippen LogP contribution in [0.4, 0.5) is 5.82 Å². The van der Waals surface area contributed by atoms with Crippen molar-refractivity contribution >= 4 is 22.8 Å². The van der Waals surface area contributed by atoms with Crippen LogP contribution in [0.3, 0.4) is 0 Å². The maximum atomic E-state index is 12.8. The molecule has 29 heavy (non-hydrogen) atoms. The van der Waals surface area contributed by atoms with Crippen LogP contribution in [0.1, 0.15) is 12.8 Å². The molecule has 0 spiro atoms. The number of ether oxygens (including phenoxy) is 1. The van der Waals surface area contributed by atoms with Crippen molar-refractivity contribution in [1.82, 2.24) is 19.7 Å². The third-order valence-electron chi connectivity index (χ3n) is 4.97. The van der Waals surface area contributed by atoms with Crippen molar-refractivity contribution in [2.24, 2.45) is 0 Å². The minimum absolute atomic E-state index is 0.0557. The zero-order valence-corrected chi connectivity index (χ0v) is 16.4. The molecule has 2 aromatic heterocycles. The molecular weight excluding hydrogens is 374 g/mol. The molecule has 0 aliphatic carbocycles. The number of nitrogens with zero attached hydrogens (tertiary/aromatic N) is 5. The van der Waals surface area contributed by atoms with Crippen molar-refractivity contribution in [1.29, 1.82) is 0 Å². The van der Waals surface area contributed by atoms with E-state index >= 15 is 0 Å². The zero-order chi connectivity index (χ0) is 20.4. The van der Waals surface area contributed by atoms with Gasteiger partial charge in [-0.05, 0) is 31.0 Å². The lowest BCUT2D eigenvalue weighted by atomic mass is 10.1. The lowest BCUT2D eigenvalue weighted by Gasteiger charge is -2.32. The summed E-state index contributed by atoms with van der Waals surface area (Å²) in [5.41, 5.74) is 1.09. The molecule has 1 aliphatic rings. The number of carbonyl (C=O) groups is 1.